The van der Waals surface area contributed by atoms with Crippen LogP contribution in [0.2, 0.25) is 0 Å². The lowest BCUT2D eigenvalue weighted by atomic mass is 10.1. The van der Waals surface area contributed by atoms with Gasteiger partial charge < -0.3 is 15.8 Å². The van der Waals surface area contributed by atoms with Gasteiger partial charge in [-0.15, -0.1) is 0 Å². The van der Waals surface area contributed by atoms with Crippen LogP contribution in [0.4, 0.5) is 11.4 Å². The van der Waals surface area contributed by atoms with Crippen molar-refractivity contribution in [1.82, 2.24) is 4.98 Å². The van der Waals surface area contributed by atoms with Gasteiger partial charge in [0.1, 0.15) is 6.61 Å². The first-order chi connectivity index (χ1) is 9.31. The van der Waals surface area contributed by atoms with Gasteiger partial charge in [0.25, 0.3) is 6.02 Å². The highest BCUT2D eigenvalue weighted by Gasteiger charge is 2.10. The van der Waals surface area contributed by atoms with Crippen molar-refractivity contribution in [3.05, 3.63) is 53.9 Å². The highest BCUT2D eigenvalue weighted by atomic mass is 16.5. The number of benzene rings is 1. The van der Waals surface area contributed by atoms with Crippen molar-refractivity contribution in [2.45, 2.75) is 13.2 Å². The Morgan fingerprint density at radius 3 is 3.11 bits per heavy atom. The van der Waals surface area contributed by atoms with Crippen LogP contribution in [0, 0.1) is 0 Å². The highest BCUT2D eigenvalue weighted by molar-refractivity contribution is 5.78. The molecule has 0 aliphatic carbocycles. The second-order valence-corrected chi connectivity index (χ2v) is 4.30. The zero-order chi connectivity index (χ0) is 13.1. The Morgan fingerprint density at radius 1 is 1.32 bits per heavy atom. The minimum Gasteiger partial charge on any atom is -0.460 e. The quantitative estimate of drug-likeness (QED) is 0.880. The smallest absolute Gasteiger partial charge is 0.287 e. The van der Waals surface area contributed by atoms with Crippen LogP contribution in [0.3, 0.4) is 0 Å². The summed E-state index contributed by atoms with van der Waals surface area (Å²) in [4.78, 5) is 8.22. The molecule has 0 radical (unpaired) electrons. The summed E-state index contributed by atoms with van der Waals surface area (Å²) in [6.45, 7) is 1.20. The predicted molar refractivity (Wildman–Crippen MR) is 74.1 cm³/mol. The first kappa shape index (κ1) is 11.5. The van der Waals surface area contributed by atoms with Crippen molar-refractivity contribution in [3.8, 4) is 0 Å². The van der Waals surface area contributed by atoms with E-state index in [1.807, 2.05) is 36.5 Å². The molecular formula is C14H14N4O. The van der Waals surface area contributed by atoms with E-state index in [0.717, 1.165) is 29.0 Å². The molecule has 0 saturated carbocycles. The first-order valence-corrected chi connectivity index (χ1v) is 6.04. The van der Waals surface area contributed by atoms with Gasteiger partial charge in [0, 0.05) is 30.2 Å². The van der Waals surface area contributed by atoms with Gasteiger partial charge in [-0.05, 0) is 29.8 Å². The third kappa shape index (κ3) is 2.65. The lowest BCUT2D eigenvalue weighted by Crippen LogP contribution is -2.18. The maximum Gasteiger partial charge on any atom is 0.287 e. The molecule has 19 heavy (non-hydrogen) atoms. The third-order valence-electron chi connectivity index (χ3n) is 2.91. The number of nitrogens with one attached hydrogen (secondary N) is 1. The second kappa shape index (κ2) is 4.97. The van der Waals surface area contributed by atoms with Crippen LogP contribution in [-0.4, -0.2) is 11.0 Å². The zero-order valence-corrected chi connectivity index (χ0v) is 10.3. The van der Waals surface area contributed by atoms with E-state index < -0.39 is 0 Å². The molecule has 1 aliphatic rings. The molecule has 1 aliphatic heterocycles. The van der Waals surface area contributed by atoms with Crippen LogP contribution in [0.5, 0.6) is 0 Å². The van der Waals surface area contributed by atoms with Crippen molar-refractivity contribution in [1.29, 1.82) is 0 Å². The fraction of sp³-hybridized carbons (Fsp3) is 0.143. The summed E-state index contributed by atoms with van der Waals surface area (Å²) in [5, 5.41) is 3.35. The van der Waals surface area contributed by atoms with E-state index >= 15 is 0 Å². The molecule has 5 nitrogen and oxygen atoms in total. The monoisotopic (exact) mass is 254 g/mol. The van der Waals surface area contributed by atoms with E-state index in [1.54, 1.807) is 6.20 Å². The van der Waals surface area contributed by atoms with Crippen molar-refractivity contribution < 1.29 is 4.74 Å². The number of fused-ring (bicyclic) bond motifs is 1. The molecule has 5 heteroatoms. The molecule has 0 amide bonds. The van der Waals surface area contributed by atoms with Crippen LogP contribution in [0.25, 0.3) is 0 Å². The number of nitrogens with zero attached hydrogens (tertiary/aromatic N) is 2. The molecule has 0 saturated heterocycles. The Labute approximate surface area is 111 Å². The summed E-state index contributed by atoms with van der Waals surface area (Å²) >= 11 is 0. The minimum absolute atomic E-state index is 0.226. The number of ether oxygens (including phenoxy) is 1. The number of anilines is 1. The number of amidine groups is 1. The lowest BCUT2D eigenvalue weighted by Gasteiger charge is -2.15. The van der Waals surface area contributed by atoms with Gasteiger partial charge in [-0.25, -0.2) is 0 Å². The van der Waals surface area contributed by atoms with E-state index in [1.165, 1.54) is 0 Å². The number of nitrogens with two attached hydrogens (primary N) is 1. The zero-order valence-electron chi connectivity index (χ0n) is 10.3. The van der Waals surface area contributed by atoms with Gasteiger partial charge >= 0.3 is 0 Å². The van der Waals surface area contributed by atoms with E-state index in [4.69, 9.17) is 10.5 Å². The summed E-state index contributed by atoms with van der Waals surface area (Å²) in [7, 11) is 0. The van der Waals surface area contributed by atoms with Crippen LogP contribution in [0.1, 0.15) is 11.1 Å². The molecule has 0 unspecified atom stereocenters. The highest BCUT2D eigenvalue weighted by Crippen LogP contribution is 2.27. The van der Waals surface area contributed by atoms with E-state index in [-0.39, 0.29) is 6.02 Å². The molecule has 2 heterocycles. The summed E-state index contributed by atoms with van der Waals surface area (Å²) in [6.07, 6.45) is 3.61. The van der Waals surface area contributed by atoms with Crippen molar-refractivity contribution >= 4 is 17.4 Å². The van der Waals surface area contributed by atoms with Crippen molar-refractivity contribution in [3.63, 3.8) is 0 Å². The summed E-state index contributed by atoms with van der Waals surface area (Å²) in [6, 6.07) is 10.1. The van der Waals surface area contributed by atoms with Crippen LogP contribution in [0.15, 0.2) is 47.7 Å². The standard InChI is InChI=1S/C14H14N4O/c15-14-18-13-4-3-12(6-11(13)9-19-14)17-8-10-2-1-5-16-7-10/h1-7,17H,8-9H2,(H2,15,18). The van der Waals surface area contributed by atoms with Gasteiger partial charge in [-0.2, -0.15) is 4.99 Å². The fourth-order valence-electron chi connectivity index (χ4n) is 1.93. The molecule has 1 aromatic heterocycles. The summed E-state index contributed by atoms with van der Waals surface area (Å²) in [5.41, 5.74) is 9.60. The molecule has 0 bridgehead atoms. The van der Waals surface area contributed by atoms with E-state index in [0.29, 0.717) is 6.61 Å². The molecule has 2 aromatic rings. The maximum absolute atomic E-state index is 5.53. The number of rotatable bonds is 3. The maximum atomic E-state index is 5.53. The largest absolute Gasteiger partial charge is 0.460 e. The van der Waals surface area contributed by atoms with Crippen LogP contribution >= 0.6 is 0 Å². The lowest BCUT2D eigenvalue weighted by molar-refractivity contribution is 0.282. The van der Waals surface area contributed by atoms with Gasteiger partial charge in [0.2, 0.25) is 0 Å². The predicted octanol–water partition coefficient (Wildman–Crippen LogP) is 2.17. The Hall–Kier alpha value is -2.56. The summed E-state index contributed by atoms with van der Waals surface area (Å²) in [5.74, 6) is 0. The average Bonchev–Trinajstić information content (AvgIpc) is 2.46. The van der Waals surface area contributed by atoms with Gasteiger partial charge in [-0.1, -0.05) is 6.07 Å². The average molecular weight is 254 g/mol. The SMILES string of the molecule is NC1=Nc2ccc(NCc3cccnc3)cc2CO1. The molecule has 1 aromatic carbocycles. The second-order valence-electron chi connectivity index (χ2n) is 4.30. The molecule has 3 N–H and O–H groups in total. The Bertz CT molecular complexity index is 610. The van der Waals surface area contributed by atoms with E-state index in [2.05, 4.69) is 15.3 Å². The number of pyridine rings is 1. The Morgan fingerprint density at radius 2 is 2.26 bits per heavy atom. The van der Waals surface area contributed by atoms with Crippen molar-refractivity contribution in [2.24, 2.45) is 10.7 Å². The number of aromatic nitrogens is 1. The van der Waals surface area contributed by atoms with Gasteiger partial charge in [0.15, 0.2) is 0 Å². The van der Waals surface area contributed by atoms with Gasteiger partial charge in [-0.3, -0.25) is 4.98 Å². The number of hydrogen-bond acceptors (Lipinski definition) is 5. The normalized spacial score (nSPS) is 13.2. The molecule has 3 rings (SSSR count). The van der Waals surface area contributed by atoms with Gasteiger partial charge in [0.05, 0.1) is 5.69 Å². The summed E-state index contributed by atoms with van der Waals surface area (Å²) < 4.78 is 5.21. The molecule has 0 spiro atoms. The molecule has 0 fully saturated rings. The first-order valence-electron chi connectivity index (χ1n) is 6.04. The van der Waals surface area contributed by atoms with Crippen LogP contribution in [-0.2, 0) is 17.9 Å². The Kier molecular flexibility index (Phi) is 3.02. The molecule has 0 atom stereocenters. The number of aliphatic imine (C=N–C) groups is 1. The van der Waals surface area contributed by atoms with Crippen molar-refractivity contribution in [2.75, 3.05) is 5.32 Å². The number of hydrogen-bond donors (Lipinski definition) is 2. The van der Waals surface area contributed by atoms with E-state index in [9.17, 15) is 0 Å². The minimum atomic E-state index is 0.226. The fourth-order valence-corrected chi connectivity index (χ4v) is 1.93. The Balaban J connectivity index is 1.73. The molecular weight excluding hydrogens is 240 g/mol. The molecule has 96 valence electrons. The van der Waals surface area contributed by atoms with Crippen LogP contribution < -0.4 is 11.1 Å². The topological polar surface area (TPSA) is 72.5 Å². The third-order valence-corrected chi connectivity index (χ3v) is 2.91.